The number of hydrogen-bond acceptors (Lipinski definition) is 6. The maximum atomic E-state index is 8.86. The molecule has 2 rings (SSSR count). The van der Waals surface area contributed by atoms with Crippen molar-refractivity contribution in [2.75, 3.05) is 6.61 Å². The number of amidine groups is 1. The lowest BCUT2D eigenvalue weighted by molar-refractivity contribution is 0.302. The largest absolute Gasteiger partial charge is 0.476 e. The van der Waals surface area contributed by atoms with Crippen LogP contribution in [0.1, 0.15) is 21.7 Å². The molecule has 0 aliphatic carbocycles. The third kappa shape index (κ3) is 3.05. The Bertz CT molecular complexity index is 611. The highest BCUT2D eigenvalue weighted by Gasteiger charge is 2.16. The molecule has 2 heterocycles. The number of ether oxygens (including phenoxy) is 1. The minimum absolute atomic E-state index is 0.0216. The summed E-state index contributed by atoms with van der Waals surface area (Å²) in [5.41, 5.74) is 7.69. The van der Waals surface area contributed by atoms with Crippen molar-refractivity contribution in [3.05, 3.63) is 39.2 Å². The van der Waals surface area contributed by atoms with Crippen molar-refractivity contribution in [3.63, 3.8) is 0 Å². The van der Waals surface area contributed by atoms with Gasteiger partial charge in [0.1, 0.15) is 0 Å². The summed E-state index contributed by atoms with van der Waals surface area (Å²) in [7, 11) is 0. The molecule has 6 nitrogen and oxygen atoms in total. The first kappa shape index (κ1) is 14.3. The molecule has 0 fully saturated rings. The first-order valence-electron chi connectivity index (χ1n) is 6.10. The zero-order chi connectivity index (χ0) is 14.5. The standard InChI is InChI=1S/C13H16N4O2S/c1-8-9(2)15-16-13(11(8)12(14)17-18)19-6-5-10-4-3-7-20-10/h3-4,7,18H,5-6H2,1-2H3,(H2,14,17). The van der Waals surface area contributed by atoms with E-state index in [2.05, 4.69) is 15.4 Å². The van der Waals surface area contributed by atoms with Crippen LogP contribution in [0.5, 0.6) is 5.88 Å². The van der Waals surface area contributed by atoms with E-state index < -0.39 is 0 Å². The fourth-order valence-electron chi connectivity index (χ4n) is 1.74. The second-order valence-electron chi connectivity index (χ2n) is 4.25. The number of oxime groups is 1. The number of hydrogen-bond donors (Lipinski definition) is 2. The van der Waals surface area contributed by atoms with E-state index in [0.717, 1.165) is 17.7 Å². The van der Waals surface area contributed by atoms with Gasteiger partial charge in [-0.25, -0.2) is 0 Å². The molecular weight excluding hydrogens is 276 g/mol. The van der Waals surface area contributed by atoms with Crippen LogP contribution in [-0.4, -0.2) is 27.8 Å². The molecule has 0 amide bonds. The Morgan fingerprint density at radius 3 is 2.90 bits per heavy atom. The lowest BCUT2D eigenvalue weighted by Gasteiger charge is -2.12. The predicted molar refractivity (Wildman–Crippen MR) is 77.5 cm³/mol. The molecule has 0 aliphatic rings. The molecule has 2 aromatic heterocycles. The van der Waals surface area contributed by atoms with E-state index in [1.54, 1.807) is 11.3 Å². The molecule has 3 N–H and O–H groups in total. The quantitative estimate of drug-likeness (QED) is 0.380. The second kappa shape index (κ2) is 6.33. The van der Waals surface area contributed by atoms with Gasteiger partial charge < -0.3 is 15.7 Å². The van der Waals surface area contributed by atoms with Crippen molar-refractivity contribution in [1.82, 2.24) is 10.2 Å². The third-order valence-corrected chi connectivity index (χ3v) is 3.89. The maximum Gasteiger partial charge on any atom is 0.244 e. The van der Waals surface area contributed by atoms with Gasteiger partial charge in [0.05, 0.1) is 17.9 Å². The van der Waals surface area contributed by atoms with E-state index in [1.165, 1.54) is 4.88 Å². The van der Waals surface area contributed by atoms with Crippen LogP contribution in [-0.2, 0) is 6.42 Å². The highest BCUT2D eigenvalue weighted by Crippen LogP contribution is 2.20. The van der Waals surface area contributed by atoms with Crippen LogP contribution in [0.15, 0.2) is 22.7 Å². The average molecular weight is 292 g/mol. The van der Waals surface area contributed by atoms with Gasteiger partial charge in [0.2, 0.25) is 5.88 Å². The zero-order valence-electron chi connectivity index (χ0n) is 11.3. The van der Waals surface area contributed by atoms with Crippen LogP contribution in [0.3, 0.4) is 0 Å². The van der Waals surface area contributed by atoms with Crippen LogP contribution in [0.4, 0.5) is 0 Å². The number of aromatic nitrogens is 2. The Balaban J connectivity index is 2.16. The molecule has 0 radical (unpaired) electrons. The number of thiophene rings is 1. The first-order valence-corrected chi connectivity index (χ1v) is 6.98. The normalized spacial score (nSPS) is 11.6. The van der Waals surface area contributed by atoms with Crippen LogP contribution in [0, 0.1) is 13.8 Å². The van der Waals surface area contributed by atoms with E-state index in [9.17, 15) is 0 Å². The smallest absolute Gasteiger partial charge is 0.244 e. The van der Waals surface area contributed by atoms with E-state index in [0.29, 0.717) is 18.1 Å². The molecule has 0 atom stereocenters. The predicted octanol–water partition coefficient (Wildman–Crippen LogP) is 1.87. The molecule has 0 spiro atoms. The lowest BCUT2D eigenvalue weighted by atomic mass is 10.1. The van der Waals surface area contributed by atoms with Gasteiger partial charge in [-0.05, 0) is 30.9 Å². The van der Waals surface area contributed by atoms with Gasteiger partial charge in [-0.15, -0.1) is 16.4 Å². The summed E-state index contributed by atoms with van der Waals surface area (Å²) in [5.74, 6) is 0.270. The van der Waals surface area contributed by atoms with Gasteiger partial charge in [0, 0.05) is 11.3 Å². The van der Waals surface area contributed by atoms with Crippen molar-refractivity contribution >= 4 is 17.2 Å². The van der Waals surface area contributed by atoms with E-state index in [-0.39, 0.29) is 5.84 Å². The Morgan fingerprint density at radius 1 is 1.45 bits per heavy atom. The number of nitrogens with two attached hydrogens (primary N) is 1. The van der Waals surface area contributed by atoms with Crippen molar-refractivity contribution in [3.8, 4) is 5.88 Å². The summed E-state index contributed by atoms with van der Waals surface area (Å²) < 4.78 is 5.63. The van der Waals surface area contributed by atoms with Gasteiger partial charge in [-0.3, -0.25) is 0 Å². The average Bonchev–Trinajstić information content (AvgIpc) is 2.95. The minimum atomic E-state index is -0.0216. The highest BCUT2D eigenvalue weighted by molar-refractivity contribution is 7.09. The zero-order valence-corrected chi connectivity index (χ0v) is 12.1. The molecule has 0 saturated heterocycles. The van der Waals surface area contributed by atoms with Crippen LogP contribution >= 0.6 is 11.3 Å². The van der Waals surface area contributed by atoms with Gasteiger partial charge >= 0.3 is 0 Å². The van der Waals surface area contributed by atoms with Crippen LogP contribution in [0.2, 0.25) is 0 Å². The van der Waals surface area contributed by atoms with Crippen LogP contribution in [0.25, 0.3) is 0 Å². The van der Waals surface area contributed by atoms with Crippen LogP contribution < -0.4 is 10.5 Å². The van der Waals surface area contributed by atoms with E-state index in [4.69, 9.17) is 15.7 Å². The summed E-state index contributed by atoms with van der Waals surface area (Å²) in [6, 6.07) is 4.04. The molecule has 7 heteroatoms. The van der Waals surface area contributed by atoms with E-state index in [1.807, 2.05) is 31.4 Å². The number of nitrogens with zero attached hydrogens (tertiary/aromatic N) is 3. The maximum absolute atomic E-state index is 8.86. The van der Waals surface area contributed by atoms with Crippen molar-refractivity contribution in [2.24, 2.45) is 10.9 Å². The fourth-order valence-corrected chi connectivity index (χ4v) is 2.43. The first-order chi connectivity index (χ1) is 9.63. The molecule has 0 bridgehead atoms. The molecular formula is C13H16N4O2S. The van der Waals surface area contributed by atoms with Crippen molar-refractivity contribution in [1.29, 1.82) is 0 Å². The summed E-state index contributed by atoms with van der Waals surface area (Å²) in [6.07, 6.45) is 0.780. The number of rotatable bonds is 5. The minimum Gasteiger partial charge on any atom is -0.476 e. The molecule has 20 heavy (non-hydrogen) atoms. The molecule has 0 aromatic carbocycles. The van der Waals surface area contributed by atoms with E-state index >= 15 is 0 Å². The highest BCUT2D eigenvalue weighted by atomic mass is 32.1. The summed E-state index contributed by atoms with van der Waals surface area (Å²) in [6.45, 7) is 4.11. The Morgan fingerprint density at radius 2 is 2.25 bits per heavy atom. The fraction of sp³-hybridized carbons (Fsp3) is 0.308. The molecule has 0 saturated carbocycles. The summed E-state index contributed by atoms with van der Waals surface area (Å²) >= 11 is 1.67. The Labute approximate surface area is 120 Å². The number of aryl methyl sites for hydroxylation is 1. The molecule has 0 aliphatic heterocycles. The molecule has 0 unspecified atom stereocenters. The summed E-state index contributed by atoms with van der Waals surface area (Å²) in [4.78, 5) is 1.23. The summed E-state index contributed by atoms with van der Waals surface area (Å²) in [5, 5.41) is 21.9. The second-order valence-corrected chi connectivity index (χ2v) is 5.29. The Kier molecular flexibility index (Phi) is 4.52. The lowest BCUT2D eigenvalue weighted by Crippen LogP contribution is -2.19. The van der Waals surface area contributed by atoms with Gasteiger partial charge in [0.25, 0.3) is 0 Å². The van der Waals surface area contributed by atoms with Gasteiger partial charge in [-0.1, -0.05) is 11.2 Å². The SMILES string of the molecule is Cc1nnc(OCCc2cccs2)c(C(N)=NO)c1C. The van der Waals surface area contributed by atoms with Crippen molar-refractivity contribution < 1.29 is 9.94 Å². The van der Waals surface area contributed by atoms with Crippen molar-refractivity contribution in [2.45, 2.75) is 20.3 Å². The topological polar surface area (TPSA) is 93.6 Å². The third-order valence-electron chi connectivity index (χ3n) is 2.95. The Hall–Kier alpha value is -2.15. The molecule has 106 valence electrons. The monoisotopic (exact) mass is 292 g/mol. The van der Waals surface area contributed by atoms with Gasteiger partial charge in [0.15, 0.2) is 5.84 Å². The van der Waals surface area contributed by atoms with Gasteiger partial charge in [-0.2, -0.15) is 5.10 Å². The molecule has 2 aromatic rings.